The summed E-state index contributed by atoms with van der Waals surface area (Å²) in [6.45, 7) is 1.84. The Hall–Kier alpha value is -2.10. The van der Waals surface area contributed by atoms with Gasteiger partial charge >= 0.3 is 0 Å². The second kappa shape index (κ2) is 6.89. The number of nitrogens with one attached hydrogen (secondary N) is 1. The summed E-state index contributed by atoms with van der Waals surface area (Å²) >= 11 is 0. The second-order valence-corrected chi connectivity index (χ2v) is 4.50. The van der Waals surface area contributed by atoms with Gasteiger partial charge in [0, 0.05) is 24.8 Å². The van der Waals surface area contributed by atoms with E-state index in [1.54, 1.807) is 19.2 Å². The van der Waals surface area contributed by atoms with Gasteiger partial charge in [-0.3, -0.25) is 9.69 Å². The summed E-state index contributed by atoms with van der Waals surface area (Å²) in [5.41, 5.74) is 0.694. The Morgan fingerprint density at radius 2 is 2.50 bits per heavy atom. The minimum atomic E-state index is -0.451. The van der Waals surface area contributed by atoms with Crippen molar-refractivity contribution in [3.8, 4) is 11.8 Å². The Labute approximate surface area is 117 Å². The van der Waals surface area contributed by atoms with Gasteiger partial charge < -0.3 is 14.8 Å². The average molecular weight is 275 g/mol. The molecule has 0 aliphatic carbocycles. The van der Waals surface area contributed by atoms with Gasteiger partial charge in [0.05, 0.1) is 26.3 Å². The van der Waals surface area contributed by atoms with Crippen LogP contribution in [-0.4, -0.2) is 50.3 Å². The molecule has 1 unspecified atom stereocenters. The second-order valence-electron chi connectivity index (χ2n) is 4.50. The van der Waals surface area contributed by atoms with Crippen molar-refractivity contribution in [1.29, 1.82) is 5.26 Å². The molecular weight excluding hydrogens is 258 g/mol. The summed E-state index contributed by atoms with van der Waals surface area (Å²) in [7, 11) is 1.58. The molecule has 0 radical (unpaired) electrons. The molecule has 2 rings (SSSR count). The van der Waals surface area contributed by atoms with E-state index in [0.29, 0.717) is 31.1 Å². The predicted molar refractivity (Wildman–Crippen MR) is 73.4 cm³/mol. The molecule has 6 heteroatoms. The molecule has 0 aromatic heterocycles. The fourth-order valence-electron chi connectivity index (χ4n) is 2.03. The van der Waals surface area contributed by atoms with Crippen LogP contribution in [0.3, 0.4) is 0 Å². The van der Waals surface area contributed by atoms with Crippen molar-refractivity contribution in [2.24, 2.45) is 0 Å². The highest BCUT2D eigenvalue weighted by Gasteiger charge is 2.21. The van der Waals surface area contributed by atoms with Gasteiger partial charge in [0.2, 0.25) is 5.91 Å². The summed E-state index contributed by atoms with van der Waals surface area (Å²) in [5.74, 6) is 0.579. The quantitative estimate of drug-likeness (QED) is 0.882. The Balaban J connectivity index is 1.87. The smallest absolute Gasteiger partial charge is 0.238 e. The number of ether oxygens (including phenoxy) is 2. The maximum Gasteiger partial charge on any atom is 0.238 e. The Morgan fingerprint density at radius 1 is 1.65 bits per heavy atom. The number of hydrogen-bond donors (Lipinski definition) is 1. The van der Waals surface area contributed by atoms with Crippen LogP contribution in [0.2, 0.25) is 0 Å². The minimum Gasteiger partial charge on any atom is -0.497 e. The molecule has 6 nitrogen and oxygen atoms in total. The van der Waals surface area contributed by atoms with Crippen molar-refractivity contribution < 1.29 is 14.3 Å². The zero-order valence-corrected chi connectivity index (χ0v) is 11.3. The molecule has 20 heavy (non-hydrogen) atoms. The van der Waals surface area contributed by atoms with Crippen molar-refractivity contribution in [1.82, 2.24) is 4.90 Å². The number of nitriles is 1. The van der Waals surface area contributed by atoms with E-state index in [0.717, 1.165) is 0 Å². The first-order valence-corrected chi connectivity index (χ1v) is 6.39. The molecule has 1 atom stereocenters. The van der Waals surface area contributed by atoms with Gasteiger partial charge in [-0.15, -0.1) is 0 Å². The molecule has 1 fully saturated rings. The molecule has 106 valence electrons. The Morgan fingerprint density at radius 3 is 3.25 bits per heavy atom. The summed E-state index contributed by atoms with van der Waals surface area (Å²) in [6, 6.07) is 9.25. The van der Waals surface area contributed by atoms with Crippen molar-refractivity contribution >= 4 is 11.6 Å². The molecule has 1 amide bonds. The van der Waals surface area contributed by atoms with Crippen LogP contribution in [0.5, 0.6) is 5.75 Å². The van der Waals surface area contributed by atoms with Crippen LogP contribution in [0.15, 0.2) is 24.3 Å². The molecule has 1 saturated heterocycles. The summed E-state index contributed by atoms with van der Waals surface area (Å²) < 4.78 is 10.3. The number of carbonyl (C=O) groups is 1. The first kappa shape index (κ1) is 14.3. The van der Waals surface area contributed by atoms with E-state index in [4.69, 9.17) is 14.7 Å². The topological polar surface area (TPSA) is 74.6 Å². The number of rotatable bonds is 4. The number of methoxy groups -OCH3 is 1. The summed E-state index contributed by atoms with van der Waals surface area (Å²) in [6.07, 6.45) is -0.451. The zero-order valence-electron chi connectivity index (χ0n) is 11.3. The third-order valence-electron chi connectivity index (χ3n) is 3.02. The van der Waals surface area contributed by atoms with E-state index in [9.17, 15) is 4.79 Å². The first-order chi connectivity index (χ1) is 9.71. The first-order valence-electron chi connectivity index (χ1n) is 6.39. The van der Waals surface area contributed by atoms with E-state index >= 15 is 0 Å². The lowest BCUT2D eigenvalue weighted by Crippen LogP contribution is -2.45. The van der Waals surface area contributed by atoms with Crippen LogP contribution >= 0.6 is 0 Å². The van der Waals surface area contributed by atoms with Gasteiger partial charge in [0.25, 0.3) is 0 Å². The van der Waals surface area contributed by atoms with Crippen LogP contribution in [0.1, 0.15) is 0 Å². The van der Waals surface area contributed by atoms with Crippen LogP contribution in [0, 0.1) is 11.3 Å². The van der Waals surface area contributed by atoms with Gasteiger partial charge in [0.15, 0.2) is 6.10 Å². The third-order valence-corrected chi connectivity index (χ3v) is 3.02. The fourth-order valence-corrected chi connectivity index (χ4v) is 2.03. The van der Waals surface area contributed by atoms with Gasteiger partial charge in [-0.05, 0) is 12.1 Å². The molecule has 1 heterocycles. The fraction of sp³-hybridized carbons (Fsp3) is 0.429. The van der Waals surface area contributed by atoms with Crippen molar-refractivity contribution in [2.45, 2.75) is 6.10 Å². The maximum atomic E-state index is 12.0. The van der Waals surface area contributed by atoms with Gasteiger partial charge in [-0.2, -0.15) is 5.26 Å². The van der Waals surface area contributed by atoms with Gasteiger partial charge in [-0.1, -0.05) is 6.07 Å². The number of amides is 1. The number of nitrogens with zero attached hydrogens (tertiary/aromatic N) is 2. The zero-order chi connectivity index (χ0) is 14.4. The van der Waals surface area contributed by atoms with E-state index in [1.807, 2.05) is 17.0 Å². The predicted octanol–water partition coefficient (Wildman–Crippen LogP) is 0.858. The largest absolute Gasteiger partial charge is 0.497 e. The number of carbonyl (C=O) groups excluding carboxylic acids is 1. The standard InChI is InChI=1S/C14H17N3O3/c1-19-12-4-2-3-11(7-12)16-14(18)10-17-5-6-20-13(8-15)9-17/h2-4,7,13H,5-6,9-10H2,1H3,(H,16,18). The number of hydrogen-bond acceptors (Lipinski definition) is 5. The van der Waals surface area contributed by atoms with Gasteiger partial charge in [-0.25, -0.2) is 0 Å². The van der Waals surface area contributed by atoms with Crippen molar-refractivity contribution in [2.75, 3.05) is 38.7 Å². The third kappa shape index (κ3) is 3.95. The summed E-state index contributed by atoms with van der Waals surface area (Å²) in [5, 5.41) is 11.6. The molecule has 1 aromatic carbocycles. The lowest BCUT2D eigenvalue weighted by atomic mass is 10.2. The average Bonchev–Trinajstić information content (AvgIpc) is 2.47. The van der Waals surface area contributed by atoms with Crippen molar-refractivity contribution in [3.63, 3.8) is 0 Å². The highest BCUT2D eigenvalue weighted by atomic mass is 16.5. The SMILES string of the molecule is COc1cccc(NC(=O)CN2CCOC(C#N)C2)c1. The van der Waals surface area contributed by atoms with Crippen LogP contribution in [0.25, 0.3) is 0 Å². The molecule has 0 spiro atoms. The normalized spacial score (nSPS) is 19.1. The lowest BCUT2D eigenvalue weighted by Gasteiger charge is -2.28. The van der Waals surface area contributed by atoms with Crippen molar-refractivity contribution in [3.05, 3.63) is 24.3 Å². The van der Waals surface area contributed by atoms with E-state index in [2.05, 4.69) is 11.4 Å². The van der Waals surface area contributed by atoms with Gasteiger partial charge in [0.1, 0.15) is 5.75 Å². The highest BCUT2D eigenvalue weighted by Crippen LogP contribution is 2.16. The van der Waals surface area contributed by atoms with E-state index in [1.165, 1.54) is 0 Å². The summed E-state index contributed by atoms with van der Waals surface area (Å²) in [4.78, 5) is 13.9. The molecule has 1 aliphatic rings. The van der Waals surface area contributed by atoms with E-state index in [-0.39, 0.29) is 12.5 Å². The monoisotopic (exact) mass is 275 g/mol. The number of anilines is 1. The Bertz CT molecular complexity index is 513. The molecule has 1 aromatic rings. The van der Waals surface area contributed by atoms with E-state index < -0.39 is 6.10 Å². The minimum absolute atomic E-state index is 0.114. The molecule has 0 bridgehead atoms. The molecule has 0 saturated carbocycles. The van der Waals surface area contributed by atoms with Crippen LogP contribution in [0.4, 0.5) is 5.69 Å². The number of benzene rings is 1. The molecular formula is C14H17N3O3. The molecule has 1 aliphatic heterocycles. The molecule has 1 N–H and O–H groups in total. The Kier molecular flexibility index (Phi) is 4.93. The lowest BCUT2D eigenvalue weighted by molar-refractivity contribution is -0.118. The van der Waals surface area contributed by atoms with Crippen LogP contribution in [-0.2, 0) is 9.53 Å². The highest BCUT2D eigenvalue weighted by molar-refractivity contribution is 5.92. The van der Waals surface area contributed by atoms with Crippen LogP contribution < -0.4 is 10.1 Å². The number of morpholine rings is 1. The maximum absolute atomic E-state index is 12.0.